The SMILES string of the molecule is CCCCCCCCCC(O)CCCCC(CC)S(=O)(=O)O. The lowest BCUT2D eigenvalue weighted by molar-refractivity contribution is 0.147. The number of aliphatic hydroxyl groups excluding tert-OH is 1. The molecule has 0 saturated heterocycles. The smallest absolute Gasteiger partial charge is 0.267 e. The Labute approximate surface area is 137 Å². The summed E-state index contributed by atoms with van der Waals surface area (Å²) in [6, 6.07) is 0. The van der Waals surface area contributed by atoms with Crippen LogP contribution >= 0.6 is 0 Å². The van der Waals surface area contributed by atoms with E-state index >= 15 is 0 Å². The normalized spacial score (nSPS) is 14.9. The number of rotatable bonds is 15. The first kappa shape index (κ1) is 21.9. The summed E-state index contributed by atoms with van der Waals surface area (Å²) in [5.74, 6) is 0. The largest absolute Gasteiger partial charge is 0.393 e. The van der Waals surface area contributed by atoms with Crippen LogP contribution in [0.5, 0.6) is 0 Å². The van der Waals surface area contributed by atoms with Crippen molar-refractivity contribution in [3.05, 3.63) is 0 Å². The van der Waals surface area contributed by atoms with Gasteiger partial charge in [-0.3, -0.25) is 4.55 Å². The molecule has 0 radical (unpaired) electrons. The Morgan fingerprint density at radius 2 is 1.23 bits per heavy atom. The minimum Gasteiger partial charge on any atom is -0.393 e. The molecule has 0 aromatic rings. The zero-order valence-corrected chi connectivity index (χ0v) is 15.3. The predicted octanol–water partition coefficient (Wildman–Crippen LogP) is 4.71. The van der Waals surface area contributed by atoms with Gasteiger partial charge in [-0.1, -0.05) is 71.6 Å². The first-order valence-electron chi connectivity index (χ1n) is 9.06. The summed E-state index contributed by atoms with van der Waals surface area (Å²) in [7, 11) is -3.91. The zero-order chi connectivity index (χ0) is 16.8. The highest BCUT2D eigenvalue weighted by molar-refractivity contribution is 7.86. The molecule has 0 rings (SSSR count). The highest BCUT2D eigenvalue weighted by atomic mass is 32.2. The third kappa shape index (κ3) is 12.4. The van der Waals surface area contributed by atoms with Crippen molar-refractivity contribution in [3.8, 4) is 0 Å². The molecule has 5 heteroatoms. The molecule has 22 heavy (non-hydrogen) atoms. The first-order chi connectivity index (χ1) is 10.4. The molecule has 2 N–H and O–H groups in total. The Morgan fingerprint density at radius 1 is 0.773 bits per heavy atom. The summed E-state index contributed by atoms with van der Waals surface area (Å²) < 4.78 is 31.2. The topological polar surface area (TPSA) is 74.6 Å². The second-order valence-corrected chi connectivity index (χ2v) is 8.09. The van der Waals surface area contributed by atoms with Crippen LogP contribution in [0.25, 0.3) is 0 Å². The van der Waals surface area contributed by atoms with Crippen LogP contribution < -0.4 is 0 Å². The van der Waals surface area contributed by atoms with Crippen LogP contribution in [0, 0.1) is 0 Å². The number of hydrogen-bond acceptors (Lipinski definition) is 3. The van der Waals surface area contributed by atoms with Crippen LogP contribution in [0.1, 0.15) is 97.3 Å². The summed E-state index contributed by atoms with van der Waals surface area (Å²) >= 11 is 0. The maximum Gasteiger partial charge on any atom is 0.267 e. The average Bonchev–Trinajstić information content (AvgIpc) is 2.45. The number of hydrogen-bond donors (Lipinski definition) is 2. The third-order valence-corrected chi connectivity index (χ3v) is 5.74. The van der Waals surface area contributed by atoms with Gasteiger partial charge in [0, 0.05) is 0 Å². The van der Waals surface area contributed by atoms with Crippen molar-refractivity contribution in [2.45, 2.75) is 109 Å². The molecule has 0 bridgehead atoms. The van der Waals surface area contributed by atoms with E-state index in [-0.39, 0.29) is 6.10 Å². The van der Waals surface area contributed by atoms with Crippen LogP contribution in [-0.4, -0.2) is 29.4 Å². The standard InChI is InChI=1S/C17H36O4S/c1-3-5-6-7-8-9-10-13-16(18)14-11-12-15-17(4-2)22(19,20)21/h16-18H,3-15H2,1-2H3,(H,19,20,21). The van der Waals surface area contributed by atoms with Crippen molar-refractivity contribution in [1.82, 2.24) is 0 Å². The lowest BCUT2D eigenvalue weighted by Crippen LogP contribution is -2.19. The quantitative estimate of drug-likeness (QED) is 0.335. The van der Waals surface area contributed by atoms with Gasteiger partial charge in [0.15, 0.2) is 0 Å². The van der Waals surface area contributed by atoms with E-state index in [2.05, 4.69) is 6.92 Å². The molecule has 134 valence electrons. The van der Waals surface area contributed by atoms with Crippen molar-refractivity contribution >= 4 is 10.1 Å². The first-order valence-corrected chi connectivity index (χ1v) is 10.6. The van der Waals surface area contributed by atoms with Crippen molar-refractivity contribution < 1.29 is 18.1 Å². The molecule has 2 atom stereocenters. The summed E-state index contributed by atoms with van der Waals surface area (Å²) in [5.41, 5.74) is 0. The molecule has 0 fully saturated rings. The van der Waals surface area contributed by atoms with E-state index in [0.29, 0.717) is 12.8 Å². The van der Waals surface area contributed by atoms with Gasteiger partial charge in [0.05, 0.1) is 11.4 Å². The molecule has 0 aromatic heterocycles. The summed E-state index contributed by atoms with van der Waals surface area (Å²) in [4.78, 5) is 0. The highest BCUT2D eigenvalue weighted by Gasteiger charge is 2.20. The molecule has 0 aliphatic carbocycles. The maximum absolute atomic E-state index is 11.1. The average molecular weight is 337 g/mol. The van der Waals surface area contributed by atoms with E-state index < -0.39 is 15.4 Å². The minimum atomic E-state index is -3.91. The second kappa shape index (κ2) is 13.3. The van der Waals surface area contributed by atoms with Gasteiger partial charge in [-0.15, -0.1) is 0 Å². The van der Waals surface area contributed by atoms with Crippen LogP contribution in [0.3, 0.4) is 0 Å². The molecular formula is C17H36O4S. The van der Waals surface area contributed by atoms with Gasteiger partial charge in [0.2, 0.25) is 0 Å². The Morgan fingerprint density at radius 3 is 1.73 bits per heavy atom. The lowest BCUT2D eigenvalue weighted by Gasteiger charge is -2.13. The fourth-order valence-electron chi connectivity index (χ4n) is 2.80. The summed E-state index contributed by atoms with van der Waals surface area (Å²) in [6.45, 7) is 3.99. The van der Waals surface area contributed by atoms with Crippen molar-refractivity contribution in [2.24, 2.45) is 0 Å². The Kier molecular flexibility index (Phi) is 13.2. The summed E-state index contributed by atoms with van der Waals surface area (Å²) in [5, 5.41) is 9.26. The van der Waals surface area contributed by atoms with Crippen molar-refractivity contribution in [3.63, 3.8) is 0 Å². The van der Waals surface area contributed by atoms with E-state index in [0.717, 1.165) is 32.1 Å². The monoisotopic (exact) mass is 336 g/mol. The fraction of sp³-hybridized carbons (Fsp3) is 1.00. The molecule has 0 saturated carbocycles. The zero-order valence-electron chi connectivity index (χ0n) is 14.5. The lowest BCUT2D eigenvalue weighted by atomic mass is 10.0. The molecule has 0 amide bonds. The van der Waals surface area contributed by atoms with E-state index in [1.807, 2.05) is 0 Å². The highest BCUT2D eigenvalue weighted by Crippen LogP contribution is 2.16. The fourth-order valence-corrected chi connectivity index (χ4v) is 3.68. The molecule has 0 aliphatic heterocycles. The van der Waals surface area contributed by atoms with Crippen LogP contribution in [-0.2, 0) is 10.1 Å². The molecule has 0 spiro atoms. The van der Waals surface area contributed by atoms with Crippen molar-refractivity contribution in [2.75, 3.05) is 0 Å². The van der Waals surface area contributed by atoms with Gasteiger partial charge in [-0.25, -0.2) is 0 Å². The van der Waals surface area contributed by atoms with Gasteiger partial charge in [0.1, 0.15) is 0 Å². The van der Waals surface area contributed by atoms with Crippen LogP contribution in [0.4, 0.5) is 0 Å². The van der Waals surface area contributed by atoms with Crippen LogP contribution in [0.15, 0.2) is 0 Å². The Hall–Kier alpha value is -0.130. The van der Waals surface area contributed by atoms with Gasteiger partial charge < -0.3 is 5.11 Å². The molecule has 0 heterocycles. The van der Waals surface area contributed by atoms with Gasteiger partial charge in [-0.2, -0.15) is 8.42 Å². The predicted molar refractivity (Wildman–Crippen MR) is 92.7 cm³/mol. The summed E-state index contributed by atoms with van der Waals surface area (Å²) in [6.07, 6.45) is 12.6. The number of aliphatic hydroxyl groups is 1. The molecule has 4 nitrogen and oxygen atoms in total. The van der Waals surface area contributed by atoms with Gasteiger partial charge in [-0.05, 0) is 25.7 Å². The third-order valence-electron chi connectivity index (χ3n) is 4.33. The van der Waals surface area contributed by atoms with E-state index in [4.69, 9.17) is 4.55 Å². The molecular weight excluding hydrogens is 300 g/mol. The molecule has 0 aliphatic rings. The second-order valence-electron chi connectivity index (χ2n) is 6.39. The van der Waals surface area contributed by atoms with E-state index in [1.165, 1.54) is 38.5 Å². The van der Waals surface area contributed by atoms with E-state index in [9.17, 15) is 13.5 Å². The maximum atomic E-state index is 11.1. The van der Waals surface area contributed by atoms with Gasteiger partial charge >= 0.3 is 0 Å². The Bertz CT molecular complexity index is 341. The van der Waals surface area contributed by atoms with Gasteiger partial charge in [0.25, 0.3) is 10.1 Å². The van der Waals surface area contributed by atoms with Crippen molar-refractivity contribution in [1.29, 1.82) is 0 Å². The number of unbranched alkanes of at least 4 members (excludes halogenated alkanes) is 7. The van der Waals surface area contributed by atoms with Crippen LogP contribution in [0.2, 0.25) is 0 Å². The minimum absolute atomic E-state index is 0.263. The molecule has 2 unspecified atom stereocenters. The Balaban J connectivity index is 3.52. The van der Waals surface area contributed by atoms with E-state index in [1.54, 1.807) is 6.92 Å². The molecule has 0 aromatic carbocycles.